The third-order valence-corrected chi connectivity index (χ3v) is 3.78. The predicted molar refractivity (Wildman–Crippen MR) is 71.9 cm³/mol. The maximum Gasteiger partial charge on any atom is 0.166 e. The summed E-state index contributed by atoms with van der Waals surface area (Å²) in [6.07, 6.45) is 4.48. The zero-order valence-corrected chi connectivity index (χ0v) is 11.7. The summed E-state index contributed by atoms with van der Waals surface area (Å²) in [7, 11) is 0. The summed E-state index contributed by atoms with van der Waals surface area (Å²) >= 11 is 3.22. The van der Waals surface area contributed by atoms with Crippen molar-refractivity contribution >= 4 is 28.3 Å². The number of phenols is 1. The van der Waals surface area contributed by atoms with Gasteiger partial charge in [0.05, 0.1) is 0 Å². The molecular formula is C12H16BrClFNO. The van der Waals surface area contributed by atoms with Gasteiger partial charge in [-0.15, -0.1) is 12.4 Å². The number of nitrogens with two attached hydrogens (primary N) is 1. The van der Waals surface area contributed by atoms with Crippen LogP contribution in [0.4, 0.5) is 4.39 Å². The van der Waals surface area contributed by atoms with E-state index < -0.39 is 5.82 Å². The van der Waals surface area contributed by atoms with Crippen molar-refractivity contribution in [1.29, 1.82) is 0 Å². The van der Waals surface area contributed by atoms with Gasteiger partial charge in [-0.1, -0.05) is 28.8 Å². The number of halogens is 3. The first-order chi connectivity index (χ1) is 7.59. The summed E-state index contributed by atoms with van der Waals surface area (Å²) in [6.45, 7) is 0. The van der Waals surface area contributed by atoms with Crippen LogP contribution in [0.15, 0.2) is 16.6 Å². The van der Waals surface area contributed by atoms with Gasteiger partial charge in [-0.3, -0.25) is 0 Å². The molecule has 0 bridgehead atoms. The maximum atomic E-state index is 13.4. The van der Waals surface area contributed by atoms with Crippen LogP contribution < -0.4 is 5.73 Å². The fraction of sp³-hybridized carbons (Fsp3) is 0.500. The van der Waals surface area contributed by atoms with Crippen LogP contribution in [0.1, 0.15) is 37.3 Å². The summed E-state index contributed by atoms with van der Waals surface area (Å²) in [5.41, 5.74) is 6.60. The van der Waals surface area contributed by atoms with Crippen LogP contribution in [-0.2, 0) is 0 Å². The average Bonchev–Trinajstić information content (AvgIpc) is 2.75. The molecule has 0 aromatic heterocycles. The van der Waals surface area contributed by atoms with Gasteiger partial charge in [0.15, 0.2) is 11.6 Å². The molecule has 2 rings (SSSR count). The van der Waals surface area contributed by atoms with Gasteiger partial charge in [-0.2, -0.15) is 0 Å². The summed E-state index contributed by atoms with van der Waals surface area (Å²) in [5.74, 6) is -0.556. The summed E-state index contributed by atoms with van der Waals surface area (Å²) in [4.78, 5) is 0. The Morgan fingerprint density at radius 2 is 1.94 bits per heavy atom. The molecule has 17 heavy (non-hydrogen) atoms. The van der Waals surface area contributed by atoms with Crippen LogP contribution in [0, 0.1) is 11.7 Å². The molecule has 1 aromatic rings. The molecule has 5 heteroatoms. The Bertz CT molecular complexity index is 396. The molecule has 2 nitrogen and oxygen atoms in total. The second-order valence-corrected chi connectivity index (χ2v) is 5.31. The molecule has 96 valence electrons. The number of hydrogen-bond donors (Lipinski definition) is 2. The lowest BCUT2D eigenvalue weighted by Gasteiger charge is -2.20. The van der Waals surface area contributed by atoms with E-state index in [2.05, 4.69) is 15.9 Å². The Hall–Kier alpha value is -0.320. The molecule has 0 unspecified atom stereocenters. The lowest BCUT2D eigenvalue weighted by Crippen LogP contribution is -2.19. The van der Waals surface area contributed by atoms with Crippen molar-refractivity contribution in [2.24, 2.45) is 11.7 Å². The largest absolute Gasteiger partial charge is 0.505 e. The average molecular weight is 325 g/mol. The Labute approximate surface area is 115 Å². The van der Waals surface area contributed by atoms with Crippen LogP contribution in [0.25, 0.3) is 0 Å². The number of aromatic hydroxyl groups is 1. The van der Waals surface area contributed by atoms with E-state index in [1.807, 2.05) is 0 Å². The minimum Gasteiger partial charge on any atom is -0.505 e. The fourth-order valence-electron chi connectivity index (χ4n) is 2.41. The Kier molecular flexibility index (Phi) is 5.22. The monoisotopic (exact) mass is 323 g/mol. The van der Waals surface area contributed by atoms with Crippen LogP contribution in [0.2, 0.25) is 0 Å². The van der Waals surface area contributed by atoms with Crippen LogP contribution >= 0.6 is 28.3 Å². The first kappa shape index (κ1) is 14.7. The maximum absolute atomic E-state index is 13.4. The van der Waals surface area contributed by atoms with E-state index in [-0.39, 0.29) is 24.2 Å². The minimum absolute atomic E-state index is 0. The second-order valence-electron chi connectivity index (χ2n) is 4.40. The molecule has 0 aliphatic heterocycles. The van der Waals surface area contributed by atoms with Gasteiger partial charge in [0.1, 0.15) is 0 Å². The molecule has 1 aliphatic carbocycles. The van der Waals surface area contributed by atoms with Crippen LogP contribution in [0.5, 0.6) is 5.75 Å². The number of rotatable bonds is 2. The van der Waals surface area contributed by atoms with Crippen molar-refractivity contribution in [2.45, 2.75) is 31.7 Å². The lowest BCUT2D eigenvalue weighted by atomic mass is 9.92. The Morgan fingerprint density at radius 1 is 1.35 bits per heavy atom. The standard InChI is InChI=1S/C12H15BrFNO.ClH/c13-8-5-9(12(16)10(14)6-8)11(15)7-3-1-2-4-7;/h5-7,11,16H,1-4,15H2;1H/t11-;/m1./s1. The molecular weight excluding hydrogens is 308 g/mol. The first-order valence-electron chi connectivity index (χ1n) is 5.53. The van der Waals surface area contributed by atoms with E-state index in [1.165, 1.54) is 18.9 Å². The zero-order valence-electron chi connectivity index (χ0n) is 9.33. The third-order valence-electron chi connectivity index (χ3n) is 3.32. The molecule has 0 amide bonds. The lowest BCUT2D eigenvalue weighted by molar-refractivity contribution is 0.391. The summed E-state index contributed by atoms with van der Waals surface area (Å²) < 4.78 is 14.0. The van der Waals surface area contributed by atoms with Gasteiger partial charge in [0.2, 0.25) is 0 Å². The molecule has 0 spiro atoms. The van der Waals surface area contributed by atoms with E-state index in [4.69, 9.17) is 5.73 Å². The molecule has 1 atom stereocenters. The number of hydrogen-bond acceptors (Lipinski definition) is 2. The predicted octanol–water partition coefficient (Wildman–Crippen LogP) is 3.91. The summed E-state index contributed by atoms with van der Waals surface area (Å²) in [6, 6.07) is 2.69. The highest BCUT2D eigenvalue weighted by Crippen LogP contribution is 2.39. The van der Waals surface area contributed by atoms with Gasteiger partial charge in [-0.25, -0.2) is 4.39 Å². The SMILES string of the molecule is Cl.N[C@@H](c1cc(Br)cc(F)c1O)C1CCCC1. The zero-order chi connectivity index (χ0) is 11.7. The first-order valence-corrected chi connectivity index (χ1v) is 6.32. The molecule has 3 N–H and O–H groups in total. The van der Waals surface area contributed by atoms with Crippen molar-refractivity contribution in [3.63, 3.8) is 0 Å². The molecule has 0 saturated heterocycles. The van der Waals surface area contributed by atoms with E-state index in [9.17, 15) is 9.50 Å². The van der Waals surface area contributed by atoms with E-state index in [0.717, 1.165) is 12.8 Å². The third kappa shape index (κ3) is 3.12. The fourth-order valence-corrected chi connectivity index (χ4v) is 2.86. The molecule has 1 aromatic carbocycles. The Balaban J connectivity index is 0.00000144. The van der Waals surface area contributed by atoms with Crippen LogP contribution in [0.3, 0.4) is 0 Å². The highest BCUT2D eigenvalue weighted by atomic mass is 79.9. The van der Waals surface area contributed by atoms with Gasteiger partial charge >= 0.3 is 0 Å². The summed E-state index contributed by atoms with van der Waals surface area (Å²) in [5, 5.41) is 9.68. The Morgan fingerprint density at radius 3 is 2.53 bits per heavy atom. The normalized spacial score (nSPS) is 17.8. The topological polar surface area (TPSA) is 46.2 Å². The quantitative estimate of drug-likeness (QED) is 0.866. The molecule has 1 saturated carbocycles. The van der Waals surface area contributed by atoms with Crippen molar-refractivity contribution in [3.05, 3.63) is 28.0 Å². The number of benzene rings is 1. The number of phenolic OH excluding ortho intramolecular Hbond substituents is 1. The highest BCUT2D eigenvalue weighted by molar-refractivity contribution is 9.10. The van der Waals surface area contributed by atoms with Gasteiger partial charge in [0, 0.05) is 16.1 Å². The highest BCUT2D eigenvalue weighted by Gasteiger charge is 2.26. The van der Waals surface area contributed by atoms with Gasteiger partial charge < -0.3 is 10.8 Å². The van der Waals surface area contributed by atoms with E-state index in [1.54, 1.807) is 6.07 Å². The molecule has 1 aliphatic rings. The molecule has 0 heterocycles. The van der Waals surface area contributed by atoms with Crippen molar-refractivity contribution < 1.29 is 9.50 Å². The van der Waals surface area contributed by atoms with Gasteiger partial charge in [0.25, 0.3) is 0 Å². The van der Waals surface area contributed by atoms with E-state index in [0.29, 0.717) is 16.0 Å². The molecule has 1 fully saturated rings. The molecule has 0 radical (unpaired) electrons. The van der Waals surface area contributed by atoms with Gasteiger partial charge in [-0.05, 0) is 30.9 Å². The smallest absolute Gasteiger partial charge is 0.166 e. The minimum atomic E-state index is -0.613. The van der Waals surface area contributed by atoms with Crippen molar-refractivity contribution in [2.75, 3.05) is 0 Å². The van der Waals surface area contributed by atoms with Crippen molar-refractivity contribution in [1.82, 2.24) is 0 Å². The second kappa shape index (κ2) is 6.03. The van der Waals surface area contributed by atoms with Crippen LogP contribution in [-0.4, -0.2) is 5.11 Å². The van der Waals surface area contributed by atoms with Crippen molar-refractivity contribution in [3.8, 4) is 5.75 Å². The van der Waals surface area contributed by atoms with E-state index >= 15 is 0 Å².